The highest BCUT2D eigenvalue weighted by atomic mass is 32.2. The van der Waals surface area contributed by atoms with E-state index in [9.17, 15) is 8.42 Å². The van der Waals surface area contributed by atoms with Crippen LogP contribution in [-0.2, 0) is 10.0 Å². The second kappa shape index (κ2) is 5.55. The van der Waals surface area contributed by atoms with Gasteiger partial charge >= 0.3 is 0 Å². The van der Waals surface area contributed by atoms with Crippen LogP contribution in [0.15, 0.2) is 40.6 Å². The summed E-state index contributed by atoms with van der Waals surface area (Å²) in [6, 6.07) is 8.62. The maximum atomic E-state index is 12.7. The van der Waals surface area contributed by atoms with E-state index in [2.05, 4.69) is 0 Å². The number of thiophene rings is 1. The Bertz CT molecular complexity index is 694. The Balaban J connectivity index is 2.42. The SMILES string of the molecule is Cc1c(N)cccc1S(=O)(=O)N(C)C(C)c1cccs1. The molecule has 108 valence electrons. The summed E-state index contributed by atoms with van der Waals surface area (Å²) in [6.07, 6.45) is 0. The Kier molecular flexibility index (Phi) is 4.17. The first-order valence-electron chi connectivity index (χ1n) is 6.22. The van der Waals surface area contributed by atoms with E-state index in [4.69, 9.17) is 5.73 Å². The van der Waals surface area contributed by atoms with Crippen LogP contribution < -0.4 is 5.73 Å². The van der Waals surface area contributed by atoms with Crippen LogP contribution in [0.3, 0.4) is 0 Å². The van der Waals surface area contributed by atoms with Gasteiger partial charge in [-0.3, -0.25) is 0 Å². The van der Waals surface area contributed by atoms with E-state index >= 15 is 0 Å². The van der Waals surface area contributed by atoms with Gasteiger partial charge in [0.25, 0.3) is 0 Å². The van der Waals surface area contributed by atoms with Crippen molar-refractivity contribution in [2.24, 2.45) is 0 Å². The van der Waals surface area contributed by atoms with Gasteiger partial charge in [-0.1, -0.05) is 12.1 Å². The minimum absolute atomic E-state index is 0.208. The van der Waals surface area contributed by atoms with E-state index in [1.807, 2.05) is 24.4 Å². The third-order valence-corrected chi connectivity index (χ3v) is 6.60. The number of nitrogens with zero attached hydrogens (tertiary/aromatic N) is 1. The van der Waals surface area contributed by atoms with Crippen LogP contribution in [0.25, 0.3) is 0 Å². The maximum Gasteiger partial charge on any atom is 0.243 e. The van der Waals surface area contributed by atoms with Crippen LogP contribution in [-0.4, -0.2) is 19.8 Å². The standard InChI is InChI=1S/C14H18N2O2S2/c1-10-12(15)6-4-8-14(10)20(17,18)16(3)11(2)13-7-5-9-19-13/h4-9,11H,15H2,1-3H3. The summed E-state index contributed by atoms with van der Waals surface area (Å²) < 4.78 is 26.8. The fourth-order valence-corrected chi connectivity index (χ4v) is 4.47. The minimum Gasteiger partial charge on any atom is -0.398 e. The molecular formula is C14H18N2O2S2. The first kappa shape index (κ1) is 15.0. The van der Waals surface area contributed by atoms with Gasteiger partial charge in [-0.2, -0.15) is 4.31 Å². The fourth-order valence-electron chi connectivity index (χ4n) is 1.98. The summed E-state index contributed by atoms with van der Waals surface area (Å²) in [6.45, 7) is 3.61. The van der Waals surface area contributed by atoms with Gasteiger partial charge < -0.3 is 5.73 Å². The molecule has 2 N–H and O–H groups in total. The van der Waals surface area contributed by atoms with Crippen molar-refractivity contribution >= 4 is 27.0 Å². The molecule has 1 unspecified atom stereocenters. The summed E-state index contributed by atoms with van der Waals surface area (Å²) in [5.41, 5.74) is 6.89. The molecule has 4 nitrogen and oxygen atoms in total. The Morgan fingerprint density at radius 3 is 2.55 bits per heavy atom. The number of sulfonamides is 1. The lowest BCUT2D eigenvalue weighted by Gasteiger charge is -2.24. The first-order chi connectivity index (χ1) is 9.35. The molecule has 0 saturated heterocycles. The highest BCUT2D eigenvalue weighted by molar-refractivity contribution is 7.89. The van der Waals surface area contributed by atoms with Crippen molar-refractivity contribution in [1.29, 1.82) is 0 Å². The Morgan fingerprint density at radius 2 is 1.95 bits per heavy atom. The molecule has 0 saturated carbocycles. The molecule has 0 radical (unpaired) electrons. The molecule has 2 rings (SSSR count). The van der Waals surface area contributed by atoms with Crippen molar-refractivity contribution < 1.29 is 8.42 Å². The summed E-state index contributed by atoms with van der Waals surface area (Å²) in [5.74, 6) is 0. The van der Waals surface area contributed by atoms with Gasteiger partial charge in [0.05, 0.1) is 10.9 Å². The summed E-state index contributed by atoms with van der Waals surface area (Å²) in [4.78, 5) is 1.28. The first-order valence-corrected chi connectivity index (χ1v) is 8.54. The van der Waals surface area contributed by atoms with Gasteiger partial charge in [0, 0.05) is 17.6 Å². The average Bonchev–Trinajstić information content (AvgIpc) is 2.94. The van der Waals surface area contributed by atoms with Gasteiger partial charge in [0.1, 0.15) is 0 Å². The summed E-state index contributed by atoms with van der Waals surface area (Å²) in [5, 5.41) is 1.94. The van der Waals surface area contributed by atoms with Crippen molar-refractivity contribution in [2.75, 3.05) is 12.8 Å². The van der Waals surface area contributed by atoms with E-state index in [1.165, 1.54) is 4.31 Å². The molecule has 0 fully saturated rings. The van der Waals surface area contributed by atoms with Crippen LogP contribution in [0.4, 0.5) is 5.69 Å². The zero-order valence-electron chi connectivity index (χ0n) is 11.7. The lowest BCUT2D eigenvalue weighted by molar-refractivity contribution is 0.402. The molecule has 1 atom stereocenters. The predicted molar refractivity (Wildman–Crippen MR) is 83.3 cm³/mol. The molecule has 6 heteroatoms. The zero-order valence-corrected chi connectivity index (χ0v) is 13.3. The number of nitrogen functional groups attached to an aromatic ring is 1. The Morgan fingerprint density at radius 1 is 1.25 bits per heavy atom. The molecule has 1 aromatic heterocycles. The molecule has 1 aromatic carbocycles. The van der Waals surface area contributed by atoms with E-state index < -0.39 is 10.0 Å². The fraction of sp³-hybridized carbons (Fsp3) is 0.286. The second-order valence-electron chi connectivity index (χ2n) is 4.68. The van der Waals surface area contributed by atoms with Crippen molar-refractivity contribution in [3.63, 3.8) is 0 Å². The molecule has 2 aromatic rings. The summed E-state index contributed by atoms with van der Waals surface area (Å²) in [7, 11) is -1.96. The topological polar surface area (TPSA) is 63.4 Å². The number of nitrogens with two attached hydrogens (primary N) is 1. The number of benzene rings is 1. The van der Waals surface area contributed by atoms with E-state index in [0.29, 0.717) is 11.3 Å². The monoisotopic (exact) mass is 310 g/mol. The highest BCUT2D eigenvalue weighted by Crippen LogP contribution is 2.30. The van der Waals surface area contributed by atoms with Crippen molar-refractivity contribution in [2.45, 2.75) is 24.8 Å². The second-order valence-corrected chi connectivity index (χ2v) is 7.63. The molecule has 0 amide bonds. The third kappa shape index (κ3) is 2.59. The molecule has 1 heterocycles. The molecule has 0 bridgehead atoms. The van der Waals surface area contributed by atoms with Crippen LogP contribution in [0.5, 0.6) is 0 Å². The van der Waals surface area contributed by atoms with Crippen molar-refractivity contribution in [3.8, 4) is 0 Å². The van der Waals surface area contributed by atoms with Gasteiger partial charge in [-0.05, 0) is 43.0 Å². The molecular weight excluding hydrogens is 292 g/mol. The minimum atomic E-state index is -3.56. The van der Waals surface area contributed by atoms with E-state index in [1.54, 1.807) is 43.5 Å². The lowest BCUT2D eigenvalue weighted by Crippen LogP contribution is -2.30. The predicted octanol–water partition coefficient (Wildman–Crippen LogP) is 3.02. The van der Waals surface area contributed by atoms with Crippen LogP contribution in [0.2, 0.25) is 0 Å². The quantitative estimate of drug-likeness (QED) is 0.883. The molecule has 0 spiro atoms. The lowest BCUT2D eigenvalue weighted by atomic mass is 10.2. The third-order valence-electron chi connectivity index (χ3n) is 3.48. The zero-order chi connectivity index (χ0) is 14.9. The normalized spacial score (nSPS) is 13.6. The van der Waals surface area contributed by atoms with Crippen molar-refractivity contribution in [3.05, 3.63) is 46.2 Å². The summed E-state index contributed by atoms with van der Waals surface area (Å²) >= 11 is 1.55. The van der Waals surface area contributed by atoms with Crippen molar-refractivity contribution in [1.82, 2.24) is 4.31 Å². The molecule has 0 aliphatic heterocycles. The van der Waals surface area contributed by atoms with Crippen LogP contribution in [0.1, 0.15) is 23.4 Å². The highest BCUT2D eigenvalue weighted by Gasteiger charge is 2.28. The Labute approximate surface area is 123 Å². The average molecular weight is 310 g/mol. The molecule has 0 aliphatic rings. The molecule has 20 heavy (non-hydrogen) atoms. The number of hydrogen-bond acceptors (Lipinski definition) is 4. The van der Waals surface area contributed by atoms with E-state index in [-0.39, 0.29) is 10.9 Å². The van der Waals surface area contributed by atoms with Crippen LogP contribution >= 0.6 is 11.3 Å². The smallest absolute Gasteiger partial charge is 0.243 e. The van der Waals surface area contributed by atoms with Crippen LogP contribution in [0, 0.1) is 6.92 Å². The van der Waals surface area contributed by atoms with Gasteiger partial charge in [-0.25, -0.2) is 8.42 Å². The number of anilines is 1. The Hall–Kier alpha value is -1.37. The molecule has 0 aliphatic carbocycles. The van der Waals surface area contributed by atoms with Gasteiger partial charge in [0.2, 0.25) is 10.0 Å². The maximum absolute atomic E-state index is 12.7. The van der Waals surface area contributed by atoms with Gasteiger partial charge in [0.15, 0.2) is 0 Å². The largest absolute Gasteiger partial charge is 0.398 e. The number of hydrogen-bond donors (Lipinski definition) is 1. The number of rotatable bonds is 4. The van der Waals surface area contributed by atoms with Gasteiger partial charge in [-0.15, -0.1) is 11.3 Å². The van der Waals surface area contributed by atoms with E-state index in [0.717, 1.165) is 4.88 Å².